The lowest BCUT2D eigenvalue weighted by Gasteiger charge is -2.44. The zero-order valence-corrected chi connectivity index (χ0v) is 29.0. The molecule has 0 saturated carbocycles. The summed E-state index contributed by atoms with van der Waals surface area (Å²) in [6, 6.07) is -4.79. The molecule has 0 radical (unpaired) electrons. The third-order valence-electron chi connectivity index (χ3n) is 7.93. The van der Waals surface area contributed by atoms with Crippen LogP contribution in [0.15, 0.2) is 0 Å². The number of alkyl halides is 13. The predicted molar refractivity (Wildman–Crippen MR) is 155 cm³/mol. The number of carbonyl (C=O) groups excluding carboxylic acids is 4. The number of hydrogen-bond acceptors (Lipinski definition) is 10. The number of nitrogens with one attached hydrogen (secondary N) is 3. The minimum absolute atomic E-state index is 0.422. The highest BCUT2D eigenvalue weighted by atomic mass is 19.4. The van der Waals surface area contributed by atoms with Crippen LogP contribution in [-0.4, -0.2) is 143 Å². The molecule has 1 aliphatic rings. The molecular weight excluding hydrogens is 815 g/mol. The summed E-state index contributed by atoms with van der Waals surface area (Å²) < 4.78 is 190. The van der Waals surface area contributed by atoms with Gasteiger partial charge in [-0.05, 0) is 26.7 Å². The molecule has 56 heavy (non-hydrogen) atoms. The molecule has 0 bridgehead atoms. The van der Waals surface area contributed by atoms with Crippen molar-refractivity contribution in [2.75, 3.05) is 13.2 Å². The van der Waals surface area contributed by atoms with Crippen LogP contribution in [0.25, 0.3) is 0 Å². The fraction of sp³-hybridized carbons (Fsp3) is 0.821. The number of carboxylic acid groups (broad SMARTS) is 1. The zero-order chi connectivity index (χ0) is 44.0. The minimum atomic E-state index is -8.09. The van der Waals surface area contributed by atoms with Gasteiger partial charge < -0.3 is 51.2 Å². The van der Waals surface area contributed by atoms with Gasteiger partial charge in [-0.15, -0.1) is 0 Å². The Balaban J connectivity index is 3.16. The first-order valence-electron chi connectivity index (χ1n) is 15.8. The van der Waals surface area contributed by atoms with Crippen molar-refractivity contribution in [3.63, 3.8) is 0 Å². The maximum Gasteiger partial charge on any atom is 0.460 e. The molecule has 0 aromatic heterocycles. The van der Waals surface area contributed by atoms with Crippen molar-refractivity contribution in [1.29, 1.82) is 0 Å². The van der Waals surface area contributed by atoms with Gasteiger partial charge in [-0.2, -0.15) is 57.1 Å². The molecule has 0 aliphatic carbocycles. The number of hydrogen-bond donors (Lipinski definition) is 7. The lowest BCUT2D eigenvalue weighted by molar-refractivity contribution is -0.440. The smallest absolute Gasteiger partial charge is 0.460 e. The van der Waals surface area contributed by atoms with Crippen LogP contribution in [-0.2, 0) is 38.2 Å². The van der Waals surface area contributed by atoms with Gasteiger partial charge in [-0.1, -0.05) is 0 Å². The molecule has 0 unspecified atom stereocenters. The Morgan fingerprint density at radius 1 is 0.839 bits per heavy atom. The summed E-state index contributed by atoms with van der Waals surface area (Å²) in [5, 5.41) is 35.6. The number of aliphatic hydroxyl groups is 2. The number of aliphatic hydroxyl groups excluding tert-OH is 2. The maximum atomic E-state index is 14.3. The fourth-order valence-electron chi connectivity index (χ4n) is 4.76. The first kappa shape index (κ1) is 50.3. The molecule has 0 aromatic carbocycles. The third kappa shape index (κ3) is 11.2. The Kier molecular flexibility index (Phi) is 16.8. The number of halogens is 13. The highest BCUT2D eigenvalue weighted by molar-refractivity contribution is 5.92. The van der Waals surface area contributed by atoms with E-state index in [9.17, 15) is 91.3 Å². The number of aliphatic carboxylic acids is 1. The first-order chi connectivity index (χ1) is 25.2. The molecule has 28 heteroatoms. The molecule has 8 N–H and O–H groups in total. The molecule has 1 rings (SSSR count). The lowest BCUT2D eigenvalue weighted by Crippen LogP contribution is -2.70. The quantitative estimate of drug-likeness (QED) is 0.0641. The van der Waals surface area contributed by atoms with Crippen LogP contribution in [0.4, 0.5) is 57.1 Å². The SMILES string of the molecule is CC(=O)N[C@H]1[C@@H](OCCCC(F)(F)C(F)(F)C(F)(F)C(F)(F)C(F)(F)C(F)(F)F)O[C@H](CO)[C@@H](O)[C@@H]1O[C@H](C)C(=O)N[C@@H](C)C(=O)N[C@H](CCC(=O)O)C(N)=O. The van der Waals surface area contributed by atoms with Gasteiger partial charge >= 0.3 is 41.8 Å². The van der Waals surface area contributed by atoms with Crippen molar-refractivity contribution in [2.45, 2.75) is 131 Å². The van der Waals surface area contributed by atoms with Gasteiger partial charge in [0.1, 0.15) is 42.5 Å². The Hall–Kier alpha value is -3.76. The van der Waals surface area contributed by atoms with E-state index in [0.29, 0.717) is 0 Å². The summed E-state index contributed by atoms with van der Waals surface area (Å²) in [5.74, 6) is -43.6. The molecule has 1 fully saturated rings. The van der Waals surface area contributed by atoms with Gasteiger partial charge in [0.2, 0.25) is 23.6 Å². The van der Waals surface area contributed by atoms with E-state index in [-0.39, 0.29) is 0 Å². The Bertz CT molecular complexity index is 1410. The van der Waals surface area contributed by atoms with Crippen molar-refractivity contribution in [1.82, 2.24) is 16.0 Å². The number of rotatable bonds is 21. The van der Waals surface area contributed by atoms with E-state index in [1.807, 2.05) is 0 Å². The van der Waals surface area contributed by atoms with Crippen LogP contribution in [0.5, 0.6) is 0 Å². The summed E-state index contributed by atoms with van der Waals surface area (Å²) in [5.41, 5.74) is 5.13. The molecular formula is C28H37F13N4O11. The summed E-state index contributed by atoms with van der Waals surface area (Å²) in [4.78, 5) is 59.7. The van der Waals surface area contributed by atoms with E-state index in [2.05, 4.69) is 16.0 Å². The van der Waals surface area contributed by atoms with E-state index >= 15 is 0 Å². The standard InChI is InChI=1S/C28H37F13N4O11/c1-10(20(52)45-13(19(42)51)5-6-15(48)49)43-21(53)11(2)55-18-16(44-12(3)47)22(56-14(9-46)17(18)50)54-8-4-7-23(29,30)24(31,32)25(33,34)26(35,36)27(37,38)28(39,40)41/h10-11,13-14,16-18,22,46,50H,4-9H2,1-3H3,(H2,42,51)(H,43,53)(H,44,47)(H,45,52)(H,48,49)/t10-,11+,13+,14+,16+,17+,18+,22-/m0/s1. The monoisotopic (exact) mass is 852 g/mol. The van der Waals surface area contributed by atoms with E-state index in [1.165, 1.54) is 0 Å². The van der Waals surface area contributed by atoms with Gasteiger partial charge in [0.25, 0.3) is 0 Å². The topological polar surface area (TPSA) is 236 Å². The number of carboxylic acids is 1. The number of amides is 4. The van der Waals surface area contributed by atoms with Crippen molar-refractivity contribution < 1.29 is 111 Å². The predicted octanol–water partition coefficient (Wildman–Crippen LogP) is 1.22. The molecule has 8 atom stereocenters. The highest BCUT2D eigenvalue weighted by Gasteiger charge is 2.90. The zero-order valence-electron chi connectivity index (χ0n) is 29.0. The van der Waals surface area contributed by atoms with Gasteiger partial charge in [0.05, 0.1) is 13.2 Å². The van der Waals surface area contributed by atoms with Gasteiger partial charge in [0, 0.05) is 19.8 Å². The van der Waals surface area contributed by atoms with Gasteiger partial charge in [-0.25, -0.2) is 0 Å². The van der Waals surface area contributed by atoms with E-state index < -0.39 is 153 Å². The van der Waals surface area contributed by atoms with Gasteiger partial charge in [-0.3, -0.25) is 24.0 Å². The van der Waals surface area contributed by atoms with Crippen LogP contribution in [0.3, 0.4) is 0 Å². The van der Waals surface area contributed by atoms with Crippen molar-refractivity contribution in [3.05, 3.63) is 0 Å². The highest BCUT2D eigenvalue weighted by Crippen LogP contribution is 2.60. The summed E-state index contributed by atoms with van der Waals surface area (Å²) in [6.07, 6.45) is -22.3. The van der Waals surface area contributed by atoms with Gasteiger partial charge in [0.15, 0.2) is 6.29 Å². The molecule has 1 aliphatic heterocycles. The third-order valence-corrected chi connectivity index (χ3v) is 7.93. The second kappa shape index (κ2) is 18.7. The molecule has 0 spiro atoms. The number of ether oxygens (including phenoxy) is 3. The first-order valence-corrected chi connectivity index (χ1v) is 15.8. The normalized spacial score (nSPS) is 23.1. The lowest BCUT2D eigenvalue weighted by atomic mass is 9.92. The second-order valence-electron chi connectivity index (χ2n) is 12.3. The maximum absolute atomic E-state index is 14.3. The molecule has 326 valence electrons. The van der Waals surface area contributed by atoms with Crippen LogP contribution < -0.4 is 21.7 Å². The fourth-order valence-corrected chi connectivity index (χ4v) is 4.76. The Morgan fingerprint density at radius 3 is 1.84 bits per heavy atom. The molecule has 4 amide bonds. The number of primary amides is 1. The second-order valence-corrected chi connectivity index (χ2v) is 12.3. The van der Waals surface area contributed by atoms with Crippen LogP contribution in [0.1, 0.15) is 46.5 Å². The summed E-state index contributed by atoms with van der Waals surface area (Å²) >= 11 is 0. The van der Waals surface area contributed by atoms with Crippen LogP contribution >= 0.6 is 0 Å². The van der Waals surface area contributed by atoms with Crippen molar-refractivity contribution >= 4 is 29.6 Å². The Labute approximate surface area is 306 Å². The molecule has 15 nitrogen and oxygen atoms in total. The van der Waals surface area contributed by atoms with E-state index in [4.69, 9.17) is 25.1 Å². The van der Waals surface area contributed by atoms with Crippen molar-refractivity contribution in [3.8, 4) is 0 Å². The number of carbonyl (C=O) groups is 5. The van der Waals surface area contributed by atoms with Crippen molar-refractivity contribution in [2.24, 2.45) is 5.73 Å². The average Bonchev–Trinajstić information content (AvgIpc) is 3.05. The minimum Gasteiger partial charge on any atom is -0.481 e. The summed E-state index contributed by atoms with van der Waals surface area (Å²) in [6.45, 7) is 0.460. The van der Waals surface area contributed by atoms with Crippen LogP contribution in [0, 0.1) is 0 Å². The molecule has 1 heterocycles. The average molecular weight is 853 g/mol. The molecule has 1 saturated heterocycles. The van der Waals surface area contributed by atoms with Crippen LogP contribution in [0.2, 0.25) is 0 Å². The Morgan fingerprint density at radius 2 is 1.38 bits per heavy atom. The largest absolute Gasteiger partial charge is 0.481 e. The molecule has 0 aromatic rings. The number of nitrogens with two attached hydrogens (primary N) is 1. The van der Waals surface area contributed by atoms with E-state index in [1.54, 1.807) is 0 Å². The summed E-state index contributed by atoms with van der Waals surface area (Å²) in [7, 11) is 0. The van der Waals surface area contributed by atoms with E-state index in [0.717, 1.165) is 20.8 Å².